The van der Waals surface area contributed by atoms with E-state index in [9.17, 15) is 9.59 Å². The van der Waals surface area contributed by atoms with Gasteiger partial charge in [-0.15, -0.1) is 0 Å². The number of ether oxygens (including phenoxy) is 1. The van der Waals surface area contributed by atoms with Gasteiger partial charge in [0.05, 0.1) is 7.11 Å². The topological polar surface area (TPSA) is 56.5 Å². The SMILES string of the molecule is COC(=O)c1ccc(C(=O)CC2CC2)o1. The lowest BCUT2D eigenvalue weighted by Gasteiger charge is -1.95. The summed E-state index contributed by atoms with van der Waals surface area (Å²) < 4.78 is 9.58. The molecule has 15 heavy (non-hydrogen) atoms. The lowest BCUT2D eigenvalue weighted by molar-refractivity contribution is 0.0563. The molecule has 0 N–H and O–H groups in total. The smallest absolute Gasteiger partial charge is 0.373 e. The highest BCUT2D eigenvalue weighted by atomic mass is 16.5. The molecule has 1 aliphatic carbocycles. The fraction of sp³-hybridized carbons (Fsp3) is 0.455. The predicted molar refractivity (Wildman–Crippen MR) is 51.7 cm³/mol. The fourth-order valence-corrected chi connectivity index (χ4v) is 1.38. The van der Waals surface area contributed by atoms with Crippen LogP contribution in [0.1, 0.15) is 40.4 Å². The Kier molecular flexibility index (Phi) is 2.58. The van der Waals surface area contributed by atoms with Crippen LogP contribution in [0.3, 0.4) is 0 Å². The third-order valence-corrected chi connectivity index (χ3v) is 2.44. The molecule has 0 aliphatic heterocycles. The normalized spacial score (nSPS) is 15.0. The number of furan rings is 1. The summed E-state index contributed by atoms with van der Waals surface area (Å²) in [5.74, 6) is 0.260. The first-order valence-corrected chi connectivity index (χ1v) is 4.92. The van der Waals surface area contributed by atoms with Crippen molar-refractivity contribution in [2.75, 3.05) is 7.11 Å². The van der Waals surface area contributed by atoms with Gasteiger partial charge >= 0.3 is 5.97 Å². The van der Waals surface area contributed by atoms with Crippen molar-refractivity contribution in [1.82, 2.24) is 0 Å². The number of hydrogen-bond acceptors (Lipinski definition) is 4. The van der Waals surface area contributed by atoms with Gasteiger partial charge < -0.3 is 9.15 Å². The van der Waals surface area contributed by atoms with Crippen LogP contribution in [0, 0.1) is 5.92 Å². The number of ketones is 1. The first-order valence-electron chi connectivity index (χ1n) is 4.92. The van der Waals surface area contributed by atoms with Gasteiger partial charge in [0.15, 0.2) is 11.5 Å². The molecule has 0 saturated heterocycles. The fourth-order valence-electron chi connectivity index (χ4n) is 1.38. The molecule has 0 bridgehead atoms. The molecule has 4 heteroatoms. The van der Waals surface area contributed by atoms with Crippen molar-refractivity contribution in [3.05, 3.63) is 23.7 Å². The van der Waals surface area contributed by atoms with E-state index < -0.39 is 5.97 Å². The van der Waals surface area contributed by atoms with E-state index in [0.29, 0.717) is 12.3 Å². The second-order valence-electron chi connectivity index (χ2n) is 3.73. The summed E-state index contributed by atoms with van der Waals surface area (Å²) in [6.45, 7) is 0. The third-order valence-electron chi connectivity index (χ3n) is 2.44. The molecule has 1 aromatic rings. The van der Waals surface area contributed by atoms with Gasteiger partial charge in [-0.05, 0) is 30.9 Å². The van der Waals surface area contributed by atoms with E-state index >= 15 is 0 Å². The summed E-state index contributed by atoms with van der Waals surface area (Å²) in [5, 5.41) is 0. The summed E-state index contributed by atoms with van der Waals surface area (Å²) in [6, 6.07) is 2.99. The van der Waals surface area contributed by atoms with Crippen LogP contribution in [-0.4, -0.2) is 18.9 Å². The molecule has 80 valence electrons. The van der Waals surface area contributed by atoms with Crippen molar-refractivity contribution in [3.63, 3.8) is 0 Å². The van der Waals surface area contributed by atoms with E-state index in [4.69, 9.17) is 4.42 Å². The lowest BCUT2D eigenvalue weighted by Crippen LogP contribution is -2.00. The zero-order valence-corrected chi connectivity index (χ0v) is 8.49. The Morgan fingerprint density at radius 2 is 2.07 bits per heavy atom. The minimum Gasteiger partial charge on any atom is -0.463 e. The van der Waals surface area contributed by atoms with Gasteiger partial charge in [-0.1, -0.05) is 0 Å². The quantitative estimate of drug-likeness (QED) is 0.561. The minimum absolute atomic E-state index is 0.0346. The van der Waals surface area contributed by atoms with E-state index in [0.717, 1.165) is 12.8 Å². The Labute approximate surface area is 87.2 Å². The van der Waals surface area contributed by atoms with E-state index in [2.05, 4.69) is 4.74 Å². The molecule has 1 heterocycles. The summed E-state index contributed by atoms with van der Waals surface area (Å²) in [4.78, 5) is 22.6. The number of rotatable bonds is 4. The highest BCUT2D eigenvalue weighted by molar-refractivity contribution is 5.95. The molecule has 0 unspecified atom stereocenters. The van der Waals surface area contributed by atoms with Crippen molar-refractivity contribution < 1.29 is 18.7 Å². The van der Waals surface area contributed by atoms with Gasteiger partial charge in [0.1, 0.15) is 0 Å². The molecular formula is C11H12O4. The molecule has 0 atom stereocenters. The van der Waals surface area contributed by atoms with Crippen LogP contribution < -0.4 is 0 Å². The molecule has 1 aromatic heterocycles. The molecule has 1 aliphatic rings. The summed E-state index contributed by atoms with van der Waals surface area (Å²) in [5.41, 5.74) is 0. The monoisotopic (exact) mass is 208 g/mol. The maximum atomic E-state index is 11.6. The van der Waals surface area contributed by atoms with Crippen LogP contribution in [0.2, 0.25) is 0 Å². The van der Waals surface area contributed by atoms with Gasteiger partial charge in [-0.25, -0.2) is 4.79 Å². The first kappa shape index (κ1) is 9.96. The van der Waals surface area contributed by atoms with Crippen molar-refractivity contribution in [2.45, 2.75) is 19.3 Å². The second-order valence-corrected chi connectivity index (χ2v) is 3.73. The summed E-state index contributed by atoms with van der Waals surface area (Å²) >= 11 is 0. The molecule has 4 nitrogen and oxygen atoms in total. The largest absolute Gasteiger partial charge is 0.463 e. The van der Waals surface area contributed by atoms with Crippen LogP contribution in [0.5, 0.6) is 0 Å². The summed E-state index contributed by atoms with van der Waals surface area (Å²) in [7, 11) is 1.27. The zero-order valence-electron chi connectivity index (χ0n) is 8.49. The highest BCUT2D eigenvalue weighted by Gasteiger charge is 2.26. The first-order chi connectivity index (χ1) is 7.20. The number of carbonyl (C=O) groups is 2. The van der Waals surface area contributed by atoms with Crippen LogP contribution in [0.4, 0.5) is 0 Å². The Balaban J connectivity index is 2.04. The van der Waals surface area contributed by atoms with Crippen LogP contribution in [0.15, 0.2) is 16.5 Å². The van der Waals surface area contributed by atoms with E-state index in [1.165, 1.54) is 19.2 Å². The Hall–Kier alpha value is -1.58. The average molecular weight is 208 g/mol. The predicted octanol–water partition coefficient (Wildman–Crippen LogP) is 2.05. The van der Waals surface area contributed by atoms with Crippen LogP contribution >= 0.6 is 0 Å². The molecular weight excluding hydrogens is 196 g/mol. The number of methoxy groups -OCH3 is 1. The van der Waals surface area contributed by atoms with Gasteiger partial charge in [-0.3, -0.25) is 4.79 Å². The third kappa shape index (κ3) is 2.26. The molecule has 1 fully saturated rings. The maximum Gasteiger partial charge on any atom is 0.373 e. The maximum absolute atomic E-state index is 11.6. The van der Waals surface area contributed by atoms with E-state index in [1.54, 1.807) is 0 Å². The van der Waals surface area contributed by atoms with Crippen molar-refractivity contribution in [2.24, 2.45) is 5.92 Å². The van der Waals surface area contributed by atoms with Crippen molar-refractivity contribution >= 4 is 11.8 Å². The Bertz CT molecular complexity index is 387. The molecule has 1 saturated carbocycles. The van der Waals surface area contributed by atoms with E-state index in [-0.39, 0.29) is 17.3 Å². The second kappa shape index (κ2) is 3.88. The van der Waals surface area contributed by atoms with Crippen molar-refractivity contribution in [3.8, 4) is 0 Å². The van der Waals surface area contributed by atoms with E-state index in [1.807, 2.05) is 0 Å². The van der Waals surface area contributed by atoms with Gasteiger partial charge in [0.2, 0.25) is 5.76 Å². The molecule has 0 radical (unpaired) electrons. The molecule has 2 rings (SSSR count). The number of hydrogen-bond donors (Lipinski definition) is 0. The summed E-state index contributed by atoms with van der Waals surface area (Å²) in [6.07, 6.45) is 2.76. The number of carbonyl (C=O) groups excluding carboxylic acids is 2. The van der Waals surface area contributed by atoms with Gasteiger partial charge in [0.25, 0.3) is 0 Å². The van der Waals surface area contributed by atoms with Gasteiger partial charge in [-0.2, -0.15) is 0 Å². The average Bonchev–Trinajstić information content (AvgIpc) is 2.91. The Morgan fingerprint density at radius 1 is 1.40 bits per heavy atom. The zero-order chi connectivity index (χ0) is 10.8. The van der Waals surface area contributed by atoms with Gasteiger partial charge in [0, 0.05) is 6.42 Å². The molecule has 0 amide bonds. The highest BCUT2D eigenvalue weighted by Crippen LogP contribution is 2.33. The minimum atomic E-state index is -0.555. The molecule has 0 aromatic carbocycles. The number of Topliss-reactive ketones (excluding diaryl/α,β-unsaturated/α-hetero) is 1. The molecule has 0 spiro atoms. The Morgan fingerprint density at radius 3 is 2.67 bits per heavy atom. The van der Waals surface area contributed by atoms with Crippen LogP contribution in [0.25, 0.3) is 0 Å². The lowest BCUT2D eigenvalue weighted by atomic mass is 10.2. The number of esters is 1. The van der Waals surface area contributed by atoms with Crippen molar-refractivity contribution in [1.29, 1.82) is 0 Å². The van der Waals surface area contributed by atoms with Crippen LogP contribution in [-0.2, 0) is 4.74 Å². The standard InChI is InChI=1S/C11H12O4/c1-14-11(13)10-5-4-9(15-10)8(12)6-7-2-3-7/h4-5,7H,2-3,6H2,1H3.